The van der Waals surface area contributed by atoms with Gasteiger partial charge < -0.3 is 4.74 Å². The van der Waals surface area contributed by atoms with Crippen molar-refractivity contribution in [3.05, 3.63) is 34.3 Å². The lowest BCUT2D eigenvalue weighted by molar-refractivity contribution is -0.424. The van der Waals surface area contributed by atoms with Crippen molar-refractivity contribution in [1.82, 2.24) is 0 Å². The van der Waals surface area contributed by atoms with Crippen LogP contribution in [-0.2, 0) is 10.3 Å². The molecule has 1 aromatic rings. The molecular weight excluding hydrogens is 485 g/mol. The Kier molecular flexibility index (Phi) is 6.49. The van der Waals surface area contributed by atoms with Crippen LogP contribution in [-0.4, -0.2) is 37.0 Å². The number of halogens is 12. The number of methoxy groups -OCH3 is 1. The average molecular weight is 497 g/mol. The molecule has 1 aromatic carbocycles. The van der Waals surface area contributed by atoms with Crippen molar-refractivity contribution >= 4 is 15.9 Å². The van der Waals surface area contributed by atoms with E-state index in [4.69, 9.17) is 4.74 Å². The molecule has 0 radical (unpaired) electrons. The fraction of sp³-hybridized carbons (Fsp3) is 0.600. The van der Waals surface area contributed by atoms with Gasteiger partial charge in [0.05, 0.1) is 12.0 Å². The van der Waals surface area contributed by atoms with Crippen LogP contribution >= 0.6 is 15.9 Å². The van der Waals surface area contributed by atoms with Gasteiger partial charge in [0, 0.05) is 11.6 Å². The molecule has 1 atom stereocenters. The Morgan fingerprint density at radius 3 is 1.64 bits per heavy atom. The lowest BCUT2D eigenvalue weighted by atomic mass is 9.85. The Labute approximate surface area is 160 Å². The van der Waals surface area contributed by atoms with Crippen molar-refractivity contribution in [3.63, 3.8) is 0 Å². The number of hydrogen-bond acceptors (Lipinski definition) is 1. The molecule has 0 amide bonds. The van der Waals surface area contributed by atoms with Crippen molar-refractivity contribution in [2.45, 2.75) is 48.8 Å². The molecule has 0 N–H and O–H groups in total. The van der Waals surface area contributed by atoms with E-state index in [0.29, 0.717) is 0 Å². The molecule has 0 bridgehead atoms. The van der Waals surface area contributed by atoms with E-state index in [1.807, 2.05) is 0 Å². The van der Waals surface area contributed by atoms with Gasteiger partial charge >= 0.3 is 29.9 Å². The maximum absolute atomic E-state index is 14.1. The highest BCUT2D eigenvalue weighted by atomic mass is 79.9. The van der Waals surface area contributed by atoms with Crippen molar-refractivity contribution < 1.29 is 53.0 Å². The molecule has 0 aliphatic carbocycles. The summed E-state index contributed by atoms with van der Waals surface area (Å²) in [6, 6.07) is 4.98. The maximum Gasteiger partial charge on any atom is 0.460 e. The minimum atomic E-state index is -7.44. The molecule has 0 heterocycles. The zero-order chi connectivity index (χ0) is 22.4. The smallest absolute Gasteiger partial charge is 0.374 e. The summed E-state index contributed by atoms with van der Waals surface area (Å²) in [6.45, 7) is 0.761. The summed E-state index contributed by atoms with van der Waals surface area (Å²) in [7, 11) is 0.746. The molecule has 1 unspecified atom stereocenters. The van der Waals surface area contributed by atoms with Gasteiger partial charge in [-0.3, -0.25) is 0 Å². The largest absolute Gasteiger partial charge is 0.460 e. The number of hydrogen-bond donors (Lipinski definition) is 0. The first-order valence-electron chi connectivity index (χ1n) is 7.16. The number of ether oxygens (including phenoxy) is 1. The van der Waals surface area contributed by atoms with Crippen LogP contribution in [0.4, 0.5) is 48.3 Å². The predicted octanol–water partition coefficient (Wildman–Crippen LogP) is 6.80. The van der Waals surface area contributed by atoms with Gasteiger partial charge in [-0.15, -0.1) is 0 Å². The van der Waals surface area contributed by atoms with E-state index in [2.05, 4.69) is 15.9 Å². The Morgan fingerprint density at radius 1 is 0.786 bits per heavy atom. The first kappa shape index (κ1) is 24.9. The molecule has 0 fully saturated rings. The zero-order valence-corrected chi connectivity index (χ0v) is 15.5. The van der Waals surface area contributed by atoms with E-state index < -0.39 is 41.9 Å². The monoisotopic (exact) mass is 496 g/mol. The van der Waals surface area contributed by atoms with E-state index in [1.165, 1.54) is 18.2 Å². The second-order valence-corrected chi connectivity index (χ2v) is 6.87. The second-order valence-electron chi connectivity index (χ2n) is 6.02. The number of alkyl halides is 11. The molecule has 0 spiro atoms. The van der Waals surface area contributed by atoms with Crippen molar-refractivity contribution in [2.75, 3.05) is 7.11 Å². The van der Waals surface area contributed by atoms with Crippen LogP contribution in [0.15, 0.2) is 28.7 Å². The predicted molar refractivity (Wildman–Crippen MR) is 79.0 cm³/mol. The van der Waals surface area contributed by atoms with Crippen LogP contribution < -0.4 is 0 Å². The summed E-state index contributed by atoms with van der Waals surface area (Å²) in [5.74, 6) is -27.9. The molecule has 0 saturated heterocycles. The molecule has 0 aliphatic rings. The van der Waals surface area contributed by atoms with Gasteiger partial charge in [-0.2, -0.15) is 48.3 Å². The molecular formula is C15H12BrF11O. The first-order chi connectivity index (χ1) is 12.3. The van der Waals surface area contributed by atoms with E-state index in [1.54, 1.807) is 0 Å². The quantitative estimate of drug-likeness (QED) is 0.377. The molecule has 0 aliphatic heterocycles. The molecule has 28 heavy (non-hydrogen) atoms. The second kappa shape index (κ2) is 7.29. The fourth-order valence-corrected chi connectivity index (χ4v) is 3.01. The zero-order valence-electron chi connectivity index (χ0n) is 14.0. The van der Waals surface area contributed by atoms with Gasteiger partial charge in [0.1, 0.15) is 0 Å². The molecule has 13 heteroatoms. The SMILES string of the molecule is COC(C)(CC(F)(F)C(F)(F)C(F)(F)C(F)(F)C(F)(F)F)c1ccccc1Br. The third-order valence-electron chi connectivity index (χ3n) is 4.06. The van der Waals surface area contributed by atoms with Crippen molar-refractivity contribution in [1.29, 1.82) is 0 Å². The highest BCUT2D eigenvalue weighted by Crippen LogP contribution is 2.59. The summed E-state index contributed by atoms with van der Waals surface area (Å²) >= 11 is 2.90. The van der Waals surface area contributed by atoms with Crippen LogP contribution in [0.25, 0.3) is 0 Å². The van der Waals surface area contributed by atoms with Gasteiger partial charge in [0.25, 0.3) is 0 Å². The van der Waals surface area contributed by atoms with E-state index in [-0.39, 0.29) is 10.0 Å². The lowest BCUT2D eigenvalue weighted by Gasteiger charge is -2.40. The highest BCUT2D eigenvalue weighted by Gasteiger charge is 2.87. The summed E-state index contributed by atoms with van der Waals surface area (Å²) in [4.78, 5) is 0. The highest BCUT2D eigenvalue weighted by molar-refractivity contribution is 9.10. The van der Waals surface area contributed by atoms with E-state index in [0.717, 1.165) is 20.1 Å². The standard InChI is InChI=1S/C15H12BrF11O/c1-10(28-2,8-5-3-4-6-9(8)16)7-11(17,18)12(19,20)13(21,22)14(23,24)15(25,26)27/h3-6H,7H2,1-2H3. The van der Waals surface area contributed by atoms with Crippen LogP contribution in [0, 0.1) is 0 Å². The normalized spacial score (nSPS) is 16.8. The van der Waals surface area contributed by atoms with Crippen LogP contribution in [0.2, 0.25) is 0 Å². The van der Waals surface area contributed by atoms with Crippen molar-refractivity contribution in [2.24, 2.45) is 0 Å². The first-order valence-corrected chi connectivity index (χ1v) is 7.96. The van der Waals surface area contributed by atoms with Gasteiger partial charge in [-0.1, -0.05) is 34.1 Å². The summed E-state index contributed by atoms with van der Waals surface area (Å²) in [5.41, 5.74) is -2.70. The Bertz CT molecular complexity index is 701. The average Bonchev–Trinajstić information content (AvgIpc) is 2.53. The Hall–Kier alpha value is -1.11. The lowest BCUT2D eigenvalue weighted by Crippen LogP contribution is -2.67. The van der Waals surface area contributed by atoms with Crippen LogP contribution in [0.3, 0.4) is 0 Å². The third kappa shape index (κ3) is 3.83. The van der Waals surface area contributed by atoms with E-state index >= 15 is 0 Å². The minimum absolute atomic E-state index is 0.0193. The Balaban J connectivity index is 3.45. The van der Waals surface area contributed by atoms with Gasteiger partial charge in [-0.05, 0) is 18.6 Å². The summed E-state index contributed by atoms with van der Waals surface area (Å²) in [5, 5.41) is 0. The molecule has 0 saturated carbocycles. The maximum atomic E-state index is 14.1. The topological polar surface area (TPSA) is 9.23 Å². The molecule has 0 aromatic heterocycles. The Morgan fingerprint density at radius 2 is 1.25 bits per heavy atom. The number of benzene rings is 1. The fourth-order valence-electron chi connectivity index (χ4n) is 2.31. The van der Waals surface area contributed by atoms with Crippen LogP contribution in [0.5, 0.6) is 0 Å². The minimum Gasteiger partial charge on any atom is -0.374 e. The third-order valence-corrected chi connectivity index (χ3v) is 4.75. The van der Waals surface area contributed by atoms with Gasteiger partial charge in [0.15, 0.2) is 0 Å². The summed E-state index contributed by atoms with van der Waals surface area (Å²) < 4.78 is 149. The van der Waals surface area contributed by atoms with Gasteiger partial charge in [0.2, 0.25) is 0 Å². The van der Waals surface area contributed by atoms with Gasteiger partial charge in [-0.25, -0.2) is 0 Å². The van der Waals surface area contributed by atoms with Crippen LogP contribution in [0.1, 0.15) is 18.9 Å². The van der Waals surface area contributed by atoms with E-state index in [9.17, 15) is 48.3 Å². The summed E-state index contributed by atoms with van der Waals surface area (Å²) in [6.07, 6.45) is -9.52. The van der Waals surface area contributed by atoms with Crippen molar-refractivity contribution in [3.8, 4) is 0 Å². The molecule has 1 rings (SSSR count). The molecule has 162 valence electrons. The number of rotatable bonds is 7. The molecule has 1 nitrogen and oxygen atoms in total.